The molecule has 26 heavy (non-hydrogen) atoms. The normalized spacial score (nSPS) is 13.1. The van der Waals surface area contributed by atoms with Crippen molar-refractivity contribution in [3.8, 4) is 6.07 Å². The van der Waals surface area contributed by atoms with Crippen LogP contribution in [0.1, 0.15) is 44.4 Å². The van der Waals surface area contributed by atoms with Crippen LogP contribution in [0.15, 0.2) is 54.6 Å². The average molecular weight is 348 g/mol. The summed E-state index contributed by atoms with van der Waals surface area (Å²) < 4.78 is 0. The highest BCUT2D eigenvalue weighted by Crippen LogP contribution is 2.24. The van der Waals surface area contributed by atoms with Crippen LogP contribution < -0.4 is 0 Å². The summed E-state index contributed by atoms with van der Waals surface area (Å²) in [7, 11) is 0. The topological polar surface area (TPSA) is 66.9 Å². The monoisotopic (exact) mass is 348 g/mol. The predicted octanol–water partition coefficient (Wildman–Crippen LogP) is 5.68. The van der Waals surface area contributed by atoms with E-state index in [1.165, 1.54) is 23.3 Å². The van der Waals surface area contributed by atoms with Gasteiger partial charge in [-0.3, -0.25) is 10.1 Å². The van der Waals surface area contributed by atoms with Crippen LogP contribution in [-0.4, -0.2) is 4.92 Å². The van der Waals surface area contributed by atoms with Crippen molar-refractivity contribution in [2.75, 3.05) is 0 Å². The fraction of sp³-hybridized carbons (Fsp3) is 0.318. The first-order valence-corrected chi connectivity index (χ1v) is 8.67. The molecule has 2 aromatic rings. The molecule has 0 aliphatic carbocycles. The highest BCUT2D eigenvalue weighted by molar-refractivity contribution is 5.77. The SMILES string of the molecule is CC(/C=C(/C#N)c1ccc([N+](=O)[O-])cc1)Cc1ccc(C(C)(C)C)cc1. The van der Waals surface area contributed by atoms with Crippen molar-refractivity contribution in [1.29, 1.82) is 5.26 Å². The summed E-state index contributed by atoms with van der Waals surface area (Å²) in [6, 6.07) is 16.9. The number of hydrogen-bond donors (Lipinski definition) is 0. The zero-order valence-electron chi connectivity index (χ0n) is 15.7. The lowest BCUT2D eigenvalue weighted by Crippen LogP contribution is -2.10. The summed E-state index contributed by atoms with van der Waals surface area (Å²) >= 11 is 0. The van der Waals surface area contributed by atoms with E-state index in [0.29, 0.717) is 11.1 Å². The molecule has 2 rings (SSSR count). The van der Waals surface area contributed by atoms with Gasteiger partial charge in [-0.15, -0.1) is 0 Å². The van der Waals surface area contributed by atoms with Crippen molar-refractivity contribution in [2.24, 2.45) is 5.92 Å². The van der Waals surface area contributed by atoms with E-state index in [1.54, 1.807) is 12.1 Å². The summed E-state index contributed by atoms with van der Waals surface area (Å²) in [5, 5.41) is 20.2. The predicted molar refractivity (Wildman–Crippen MR) is 105 cm³/mol. The van der Waals surface area contributed by atoms with Gasteiger partial charge in [0.1, 0.15) is 0 Å². The Morgan fingerprint density at radius 2 is 1.73 bits per heavy atom. The molecule has 4 heteroatoms. The van der Waals surface area contributed by atoms with Crippen molar-refractivity contribution in [3.05, 3.63) is 81.4 Å². The lowest BCUT2D eigenvalue weighted by Gasteiger charge is -2.19. The lowest BCUT2D eigenvalue weighted by atomic mass is 9.86. The highest BCUT2D eigenvalue weighted by atomic mass is 16.6. The quantitative estimate of drug-likeness (QED) is 0.397. The number of nitro benzene ring substituents is 1. The summed E-state index contributed by atoms with van der Waals surface area (Å²) in [5.74, 6) is 0.181. The van der Waals surface area contributed by atoms with Gasteiger partial charge in [0.15, 0.2) is 0 Å². The van der Waals surface area contributed by atoms with Gasteiger partial charge in [0, 0.05) is 12.1 Å². The Kier molecular flexibility index (Phi) is 5.94. The minimum absolute atomic E-state index is 0.0260. The van der Waals surface area contributed by atoms with E-state index < -0.39 is 4.92 Å². The molecule has 0 aliphatic heterocycles. The molecule has 0 aliphatic rings. The Bertz CT molecular complexity index is 836. The van der Waals surface area contributed by atoms with E-state index in [4.69, 9.17) is 0 Å². The average Bonchev–Trinajstić information content (AvgIpc) is 2.59. The molecule has 0 fully saturated rings. The number of nitrogens with zero attached hydrogens (tertiary/aromatic N) is 2. The second-order valence-electron chi connectivity index (χ2n) is 7.62. The van der Waals surface area contributed by atoms with Gasteiger partial charge in [0.25, 0.3) is 5.69 Å². The molecule has 134 valence electrons. The summed E-state index contributed by atoms with van der Waals surface area (Å²) in [6.45, 7) is 8.64. The van der Waals surface area contributed by atoms with Crippen molar-refractivity contribution in [1.82, 2.24) is 0 Å². The van der Waals surface area contributed by atoms with Crippen LogP contribution >= 0.6 is 0 Å². The number of nitro groups is 1. The van der Waals surface area contributed by atoms with Gasteiger partial charge in [0.2, 0.25) is 0 Å². The maximum Gasteiger partial charge on any atom is 0.269 e. The molecule has 0 aromatic heterocycles. The molecule has 0 saturated heterocycles. The first-order chi connectivity index (χ1) is 12.2. The molecule has 2 aromatic carbocycles. The molecule has 0 N–H and O–H groups in total. The second kappa shape index (κ2) is 7.97. The Labute approximate surface area is 154 Å². The molecular formula is C22H24N2O2. The first-order valence-electron chi connectivity index (χ1n) is 8.67. The smallest absolute Gasteiger partial charge is 0.258 e. The van der Waals surface area contributed by atoms with Gasteiger partial charge in [-0.05, 0) is 46.6 Å². The maximum atomic E-state index is 10.7. The molecule has 0 amide bonds. The van der Waals surface area contributed by atoms with Gasteiger partial charge in [0.05, 0.1) is 16.6 Å². The largest absolute Gasteiger partial charge is 0.269 e. The minimum atomic E-state index is -0.441. The van der Waals surface area contributed by atoms with Crippen molar-refractivity contribution >= 4 is 11.3 Å². The molecule has 0 heterocycles. The van der Waals surface area contributed by atoms with Gasteiger partial charge in [-0.1, -0.05) is 58.0 Å². The van der Waals surface area contributed by atoms with E-state index >= 15 is 0 Å². The molecule has 1 unspecified atom stereocenters. The third kappa shape index (κ3) is 5.03. The number of non-ortho nitro benzene ring substituents is 1. The van der Waals surface area contributed by atoms with Crippen LogP contribution in [-0.2, 0) is 11.8 Å². The molecular weight excluding hydrogens is 324 g/mol. The maximum absolute atomic E-state index is 10.7. The minimum Gasteiger partial charge on any atom is -0.258 e. The molecule has 1 atom stereocenters. The number of rotatable bonds is 5. The van der Waals surface area contributed by atoms with Crippen molar-refractivity contribution in [3.63, 3.8) is 0 Å². The van der Waals surface area contributed by atoms with E-state index in [-0.39, 0.29) is 17.0 Å². The number of benzene rings is 2. The zero-order valence-corrected chi connectivity index (χ0v) is 15.7. The summed E-state index contributed by atoms with van der Waals surface area (Å²) in [6.07, 6.45) is 2.77. The standard InChI is InChI=1S/C22H24N2O2/c1-16(13-17-5-9-20(10-6-17)22(2,3)4)14-19(15-23)18-7-11-21(12-8-18)24(25)26/h5-12,14,16H,13H2,1-4H3/b19-14-. The third-order valence-electron chi connectivity index (χ3n) is 4.34. The highest BCUT2D eigenvalue weighted by Gasteiger charge is 2.13. The number of nitriles is 1. The molecule has 0 bridgehead atoms. The van der Waals surface area contributed by atoms with Crippen molar-refractivity contribution in [2.45, 2.75) is 39.5 Å². The fourth-order valence-corrected chi connectivity index (χ4v) is 2.82. The molecule has 4 nitrogen and oxygen atoms in total. The van der Waals surface area contributed by atoms with Crippen LogP contribution in [0.5, 0.6) is 0 Å². The Morgan fingerprint density at radius 3 is 2.19 bits per heavy atom. The van der Waals surface area contributed by atoms with Crippen LogP contribution in [0.3, 0.4) is 0 Å². The van der Waals surface area contributed by atoms with Gasteiger partial charge in [-0.2, -0.15) is 5.26 Å². The number of hydrogen-bond acceptors (Lipinski definition) is 3. The first kappa shape index (κ1) is 19.4. The van der Waals surface area contributed by atoms with E-state index in [9.17, 15) is 15.4 Å². The van der Waals surface area contributed by atoms with Crippen LogP contribution in [0.4, 0.5) is 5.69 Å². The van der Waals surface area contributed by atoms with Crippen molar-refractivity contribution < 1.29 is 4.92 Å². The molecule has 0 radical (unpaired) electrons. The Hall–Kier alpha value is -2.93. The molecule has 0 spiro atoms. The van der Waals surface area contributed by atoms with Gasteiger partial charge in [-0.25, -0.2) is 0 Å². The van der Waals surface area contributed by atoms with Crippen LogP contribution in [0, 0.1) is 27.4 Å². The Morgan fingerprint density at radius 1 is 1.15 bits per heavy atom. The van der Waals surface area contributed by atoms with E-state index in [0.717, 1.165) is 6.42 Å². The fourth-order valence-electron chi connectivity index (χ4n) is 2.82. The van der Waals surface area contributed by atoms with E-state index in [1.807, 2.05) is 6.08 Å². The van der Waals surface area contributed by atoms with Gasteiger partial charge < -0.3 is 0 Å². The van der Waals surface area contributed by atoms with E-state index in [2.05, 4.69) is 58.0 Å². The summed E-state index contributed by atoms with van der Waals surface area (Å²) in [5.41, 5.74) is 3.93. The zero-order chi connectivity index (χ0) is 19.3. The Balaban J connectivity index is 2.13. The third-order valence-corrected chi connectivity index (χ3v) is 4.34. The molecule has 0 saturated carbocycles. The second-order valence-corrected chi connectivity index (χ2v) is 7.62. The lowest BCUT2D eigenvalue weighted by molar-refractivity contribution is -0.384. The van der Waals surface area contributed by atoms with Crippen LogP contribution in [0.2, 0.25) is 0 Å². The van der Waals surface area contributed by atoms with Gasteiger partial charge >= 0.3 is 0 Å². The van der Waals surface area contributed by atoms with Crippen LogP contribution in [0.25, 0.3) is 5.57 Å². The summed E-state index contributed by atoms with van der Waals surface area (Å²) in [4.78, 5) is 10.3. The number of allylic oxidation sites excluding steroid dienone is 2.